The summed E-state index contributed by atoms with van der Waals surface area (Å²) in [6.07, 6.45) is 3.04. The van der Waals surface area contributed by atoms with E-state index in [1.165, 1.54) is 22.0 Å². The van der Waals surface area contributed by atoms with E-state index >= 15 is 0 Å². The first kappa shape index (κ1) is 19.8. The standard InChI is InChI=1S/C18H28N4.HI/c1-6-19-17(22-18(3,4)5)20-11-10-14-12-21-16-13(2)8-7-9-15(14)16;/h7-9,12,21H,6,10-11H2,1-5H3,(H2,19,20,22);1H. The first-order chi connectivity index (χ1) is 10.4. The number of guanidine groups is 1. The van der Waals surface area contributed by atoms with E-state index in [-0.39, 0.29) is 29.5 Å². The van der Waals surface area contributed by atoms with E-state index in [9.17, 15) is 0 Å². The maximum atomic E-state index is 4.68. The van der Waals surface area contributed by atoms with E-state index < -0.39 is 0 Å². The quantitative estimate of drug-likeness (QED) is 0.392. The van der Waals surface area contributed by atoms with Crippen LogP contribution in [-0.2, 0) is 6.42 Å². The molecule has 4 nitrogen and oxygen atoms in total. The number of aromatic nitrogens is 1. The van der Waals surface area contributed by atoms with Crippen molar-refractivity contribution < 1.29 is 0 Å². The van der Waals surface area contributed by atoms with Gasteiger partial charge >= 0.3 is 0 Å². The highest BCUT2D eigenvalue weighted by molar-refractivity contribution is 14.0. The summed E-state index contributed by atoms with van der Waals surface area (Å²) < 4.78 is 0. The van der Waals surface area contributed by atoms with Gasteiger partial charge in [-0.25, -0.2) is 0 Å². The monoisotopic (exact) mass is 428 g/mol. The minimum absolute atomic E-state index is 0. The fourth-order valence-electron chi connectivity index (χ4n) is 2.52. The van der Waals surface area contributed by atoms with Crippen LogP contribution in [0.25, 0.3) is 10.9 Å². The summed E-state index contributed by atoms with van der Waals surface area (Å²) in [5.74, 6) is 0.881. The van der Waals surface area contributed by atoms with Crippen LogP contribution in [0, 0.1) is 6.92 Å². The fraction of sp³-hybridized carbons (Fsp3) is 0.500. The van der Waals surface area contributed by atoms with Gasteiger partial charge < -0.3 is 15.6 Å². The number of benzene rings is 1. The Kier molecular flexibility index (Phi) is 7.38. The first-order valence-corrected chi connectivity index (χ1v) is 8.03. The SMILES string of the molecule is CCNC(=NCCc1c[nH]c2c(C)cccc12)NC(C)(C)C.I. The van der Waals surface area contributed by atoms with Crippen LogP contribution in [0.15, 0.2) is 29.4 Å². The van der Waals surface area contributed by atoms with Crippen LogP contribution in [-0.4, -0.2) is 29.6 Å². The number of nitrogens with zero attached hydrogens (tertiary/aromatic N) is 1. The van der Waals surface area contributed by atoms with E-state index in [1.54, 1.807) is 0 Å². The Labute approximate surface area is 156 Å². The normalized spacial score (nSPS) is 12.1. The predicted octanol–water partition coefficient (Wildman–Crippen LogP) is 3.99. The van der Waals surface area contributed by atoms with Crippen molar-refractivity contribution in [1.82, 2.24) is 15.6 Å². The Bertz CT molecular complexity index is 653. The summed E-state index contributed by atoms with van der Waals surface area (Å²) in [5.41, 5.74) is 3.86. The lowest BCUT2D eigenvalue weighted by atomic mass is 10.1. The van der Waals surface area contributed by atoms with E-state index in [2.05, 4.69) is 79.6 Å². The number of nitrogens with one attached hydrogen (secondary N) is 3. The van der Waals surface area contributed by atoms with Gasteiger partial charge in [0.05, 0.1) is 0 Å². The van der Waals surface area contributed by atoms with Crippen LogP contribution in [0.5, 0.6) is 0 Å². The lowest BCUT2D eigenvalue weighted by Crippen LogP contribution is -2.47. The number of hydrogen-bond donors (Lipinski definition) is 3. The molecular weight excluding hydrogens is 399 g/mol. The molecule has 0 fully saturated rings. The number of fused-ring (bicyclic) bond motifs is 1. The molecule has 0 aliphatic heterocycles. The Balaban J connectivity index is 0.00000264. The summed E-state index contributed by atoms with van der Waals surface area (Å²) in [6.45, 7) is 12.3. The maximum Gasteiger partial charge on any atom is 0.191 e. The van der Waals surface area contributed by atoms with Crippen LogP contribution in [0.1, 0.15) is 38.8 Å². The molecule has 2 aromatic rings. The van der Waals surface area contributed by atoms with Gasteiger partial charge in [-0.1, -0.05) is 18.2 Å². The molecule has 0 aliphatic carbocycles. The molecule has 5 heteroatoms. The van der Waals surface area contributed by atoms with Crippen molar-refractivity contribution in [1.29, 1.82) is 0 Å². The number of para-hydroxylation sites is 1. The molecule has 1 aromatic carbocycles. The highest BCUT2D eigenvalue weighted by Crippen LogP contribution is 2.21. The van der Waals surface area contributed by atoms with Gasteiger partial charge in [-0.05, 0) is 52.2 Å². The molecule has 0 atom stereocenters. The number of aliphatic imine (C=N–C) groups is 1. The second-order valence-electron chi connectivity index (χ2n) is 6.70. The lowest BCUT2D eigenvalue weighted by Gasteiger charge is -2.23. The summed E-state index contributed by atoms with van der Waals surface area (Å²) in [4.78, 5) is 8.06. The van der Waals surface area contributed by atoms with Gasteiger partial charge in [-0.3, -0.25) is 4.99 Å². The maximum absolute atomic E-state index is 4.68. The molecule has 1 heterocycles. The van der Waals surface area contributed by atoms with E-state index in [4.69, 9.17) is 0 Å². The van der Waals surface area contributed by atoms with Crippen LogP contribution in [0.2, 0.25) is 0 Å². The fourth-order valence-corrected chi connectivity index (χ4v) is 2.52. The van der Waals surface area contributed by atoms with Crippen LogP contribution < -0.4 is 10.6 Å². The van der Waals surface area contributed by atoms with Gasteiger partial charge in [-0.2, -0.15) is 0 Å². The van der Waals surface area contributed by atoms with E-state index in [0.29, 0.717) is 0 Å². The minimum Gasteiger partial charge on any atom is -0.361 e. The van der Waals surface area contributed by atoms with Gasteiger partial charge in [0, 0.05) is 35.7 Å². The third kappa shape index (κ3) is 5.71. The van der Waals surface area contributed by atoms with Crippen LogP contribution in [0.3, 0.4) is 0 Å². The Hall–Kier alpha value is -1.24. The largest absolute Gasteiger partial charge is 0.361 e. The number of H-pyrrole nitrogens is 1. The number of halogens is 1. The van der Waals surface area contributed by atoms with E-state index in [0.717, 1.165) is 25.5 Å². The van der Waals surface area contributed by atoms with Crippen molar-refractivity contribution in [2.24, 2.45) is 4.99 Å². The van der Waals surface area contributed by atoms with Crippen LogP contribution in [0.4, 0.5) is 0 Å². The first-order valence-electron chi connectivity index (χ1n) is 8.03. The number of aromatic amines is 1. The van der Waals surface area contributed by atoms with Crippen molar-refractivity contribution in [2.45, 2.75) is 46.6 Å². The van der Waals surface area contributed by atoms with Crippen LogP contribution >= 0.6 is 24.0 Å². The predicted molar refractivity (Wildman–Crippen MR) is 111 cm³/mol. The molecule has 0 aliphatic rings. The Morgan fingerprint density at radius 3 is 2.65 bits per heavy atom. The molecule has 2 rings (SSSR count). The second-order valence-corrected chi connectivity index (χ2v) is 6.70. The molecule has 23 heavy (non-hydrogen) atoms. The van der Waals surface area contributed by atoms with Crippen molar-refractivity contribution in [3.63, 3.8) is 0 Å². The van der Waals surface area contributed by atoms with Gasteiger partial charge in [0.25, 0.3) is 0 Å². The minimum atomic E-state index is 0. The highest BCUT2D eigenvalue weighted by Gasteiger charge is 2.11. The Morgan fingerprint density at radius 2 is 2.00 bits per heavy atom. The molecule has 128 valence electrons. The molecule has 0 amide bonds. The van der Waals surface area contributed by atoms with Crippen molar-refractivity contribution in [3.8, 4) is 0 Å². The second kappa shape index (κ2) is 8.57. The zero-order valence-corrected chi connectivity index (χ0v) is 17.1. The number of aryl methyl sites for hydroxylation is 1. The molecular formula is C18H29IN4. The third-order valence-electron chi connectivity index (χ3n) is 3.50. The summed E-state index contributed by atoms with van der Waals surface area (Å²) in [6, 6.07) is 6.43. The Morgan fingerprint density at radius 1 is 1.26 bits per heavy atom. The highest BCUT2D eigenvalue weighted by atomic mass is 127. The summed E-state index contributed by atoms with van der Waals surface area (Å²) in [7, 11) is 0. The summed E-state index contributed by atoms with van der Waals surface area (Å²) in [5, 5.41) is 8.02. The molecule has 0 saturated carbocycles. The number of hydrogen-bond acceptors (Lipinski definition) is 1. The van der Waals surface area contributed by atoms with Crippen molar-refractivity contribution in [2.75, 3.05) is 13.1 Å². The van der Waals surface area contributed by atoms with Gasteiger partial charge in [-0.15, -0.1) is 24.0 Å². The molecule has 0 radical (unpaired) electrons. The number of rotatable bonds is 4. The van der Waals surface area contributed by atoms with Crippen molar-refractivity contribution in [3.05, 3.63) is 35.5 Å². The summed E-state index contributed by atoms with van der Waals surface area (Å²) >= 11 is 0. The van der Waals surface area contributed by atoms with Gasteiger partial charge in [0.15, 0.2) is 5.96 Å². The lowest BCUT2D eigenvalue weighted by molar-refractivity contribution is 0.501. The average molecular weight is 428 g/mol. The molecule has 1 aromatic heterocycles. The molecule has 0 bridgehead atoms. The molecule has 0 saturated heterocycles. The zero-order valence-electron chi connectivity index (χ0n) is 14.8. The zero-order chi connectivity index (χ0) is 16.2. The molecule has 0 spiro atoms. The molecule has 0 unspecified atom stereocenters. The smallest absolute Gasteiger partial charge is 0.191 e. The van der Waals surface area contributed by atoms with Gasteiger partial charge in [0.1, 0.15) is 0 Å². The van der Waals surface area contributed by atoms with Gasteiger partial charge in [0.2, 0.25) is 0 Å². The third-order valence-corrected chi connectivity index (χ3v) is 3.50. The topological polar surface area (TPSA) is 52.2 Å². The average Bonchev–Trinajstić information content (AvgIpc) is 2.82. The molecule has 3 N–H and O–H groups in total. The van der Waals surface area contributed by atoms with E-state index in [1.807, 2.05) is 0 Å². The van der Waals surface area contributed by atoms with Crippen molar-refractivity contribution >= 4 is 40.8 Å².